The van der Waals surface area contributed by atoms with Crippen molar-refractivity contribution < 1.29 is 0 Å². The molecule has 0 aromatic carbocycles. The Morgan fingerprint density at radius 2 is 2.56 bits per heavy atom. The number of allylic oxidation sites excluding steroid dienone is 3. The molecule has 1 nitrogen and oxygen atoms in total. The number of nitrogens with two attached hydrogens (primary N) is 1. The van der Waals surface area contributed by atoms with Crippen LogP contribution in [0.15, 0.2) is 23.8 Å². The van der Waals surface area contributed by atoms with Gasteiger partial charge in [-0.2, -0.15) is 0 Å². The zero-order valence-corrected chi connectivity index (χ0v) is 5.38. The minimum Gasteiger partial charge on any atom is -0.327 e. The van der Waals surface area contributed by atoms with Crippen molar-refractivity contribution in [2.24, 2.45) is 17.6 Å². The first-order chi connectivity index (χ1) is 4.42. The minimum absolute atomic E-state index is 0.755. The van der Waals surface area contributed by atoms with Crippen LogP contribution >= 0.6 is 0 Å². The molecule has 0 radical (unpaired) electrons. The molecule has 2 atom stereocenters. The van der Waals surface area contributed by atoms with Gasteiger partial charge in [0.25, 0.3) is 0 Å². The predicted octanol–water partition coefficient (Wildman–Crippen LogP) is 1.08. The molecule has 0 aromatic heterocycles. The second-order valence-electron chi connectivity index (χ2n) is 2.84. The van der Waals surface area contributed by atoms with Gasteiger partial charge in [-0.3, -0.25) is 0 Å². The van der Waals surface area contributed by atoms with Gasteiger partial charge in [-0.25, -0.2) is 0 Å². The van der Waals surface area contributed by atoms with Crippen LogP contribution in [0.1, 0.15) is 6.42 Å². The summed E-state index contributed by atoms with van der Waals surface area (Å²) in [6, 6.07) is 0. The number of rotatable bonds is 1. The van der Waals surface area contributed by atoms with E-state index in [2.05, 4.69) is 18.2 Å². The summed E-state index contributed by atoms with van der Waals surface area (Å²) in [6.45, 7) is 0.755. The van der Waals surface area contributed by atoms with Crippen LogP contribution in [0.4, 0.5) is 0 Å². The highest BCUT2D eigenvalue weighted by molar-refractivity contribution is 5.30. The molecule has 48 valence electrons. The Hall–Kier alpha value is -0.560. The van der Waals surface area contributed by atoms with Crippen LogP contribution in [0.2, 0.25) is 0 Å². The highest BCUT2D eigenvalue weighted by atomic mass is 14.6. The summed E-state index contributed by atoms with van der Waals surface area (Å²) in [5, 5.41) is 0. The van der Waals surface area contributed by atoms with Gasteiger partial charge in [0.1, 0.15) is 0 Å². The van der Waals surface area contributed by atoms with E-state index >= 15 is 0 Å². The van der Waals surface area contributed by atoms with Crippen molar-refractivity contribution in [3.05, 3.63) is 23.8 Å². The van der Waals surface area contributed by atoms with E-state index < -0.39 is 0 Å². The summed E-state index contributed by atoms with van der Waals surface area (Å²) >= 11 is 0. The molecular formula is C8H11N. The molecule has 0 saturated heterocycles. The van der Waals surface area contributed by atoms with E-state index in [-0.39, 0.29) is 0 Å². The van der Waals surface area contributed by atoms with E-state index in [1.807, 2.05) is 0 Å². The molecule has 0 aromatic rings. The van der Waals surface area contributed by atoms with Crippen LogP contribution in [0.5, 0.6) is 0 Å². The Morgan fingerprint density at radius 1 is 1.67 bits per heavy atom. The Kier molecular flexibility index (Phi) is 0.995. The monoisotopic (exact) mass is 121 g/mol. The van der Waals surface area contributed by atoms with E-state index in [0.29, 0.717) is 0 Å². The zero-order valence-electron chi connectivity index (χ0n) is 5.38. The molecule has 0 bridgehead atoms. The highest BCUT2D eigenvalue weighted by Gasteiger charge is 2.38. The van der Waals surface area contributed by atoms with Crippen molar-refractivity contribution in [3.8, 4) is 0 Å². The van der Waals surface area contributed by atoms with Gasteiger partial charge in [0.15, 0.2) is 0 Å². The Bertz CT molecular complexity index is 179. The summed E-state index contributed by atoms with van der Waals surface area (Å²) in [4.78, 5) is 0. The smallest absolute Gasteiger partial charge is 0.0142 e. The summed E-state index contributed by atoms with van der Waals surface area (Å²) in [5.74, 6) is 1.69. The third-order valence-electron chi connectivity index (χ3n) is 2.22. The van der Waals surface area contributed by atoms with Crippen LogP contribution in [0.3, 0.4) is 0 Å². The molecule has 2 rings (SSSR count). The molecule has 9 heavy (non-hydrogen) atoms. The van der Waals surface area contributed by atoms with Crippen molar-refractivity contribution in [1.29, 1.82) is 0 Å². The summed E-state index contributed by atoms with van der Waals surface area (Å²) in [6.07, 6.45) is 7.92. The second kappa shape index (κ2) is 1.71. The van der Waals surface area contributed by atoms with Crippen molar-refractivity contribution in [3.63, 3.8) is 0 Å². The molecule has 0 amide bonds. The fourth-order valence-corrected chi connectivity index (χ4v) is 1.52. The van der Waals surface area contributed by atoms with Crippen molar-refractivity contribution in [2.45, 2.75) is 6.42 Å². The maximum atomic E-state index is 5.52. The summed E-state index contributed by atoms with van der Waals surface area (Å²) in [5.41, 5.74) is 6.96. The molecule has 1 saturated carbocycles. The largest absolute Gasteiger partial charge is 0.327 e. The maximum absolute atomic E-state index is 5.52. The average molecular weight is 121 g/mol. The molecule has 1 heteroatoms. The molecular weight excluding hydrogens is 110 g/mol. The first kappa shape index (κ1) is 5.24. The quantitative estimate of drug-likeness (QED) is 0.552. The topological polar surface area (TPSA) is 26.0 Å². The zero-order chi connectivity index (χ0) is 6.27. The normalized spacial score (nSPS) is 37.7. The minimum atomic E-state index is 0.755. The number of fused-ring (bicyclic) bond motifs is 1. The summed E-state index contributed by atoms with van der Waals surface area (Å²) in [7, 11) is 0. The van der Waals surface area contributed by atoms with Gasteiger partial charge < -0.3 is 5.73 Å². The van der Waals surface area contributed by atoms with Crippen LogP contribution in [-0.4, -0.2) is 6.54 Å². The van der Waals surface area contributed by atoms with Crippen molar-refractivity contribution >= 4 is 0 Å². The van der Waals surface area contributed by atoms with Crippen molar-refractivity contribution in [1.82, 2.24) is 0 Å². The lowest BCUT2D eigenvalue weighted by atomic mass is 10.1. The number of hydrogen-bond acceptors (Lipinski definition) is 1. The van der Waals surface area contributed by atoms with Gasteiger partial charge in [-0.15, -0.1) is 0 Å². The Labute approximate surface area is 55.2 Å². The van der Waals surface area contributed by atoms with Gasteiger partial charge in [-0.05, 0) is 18.3 Å². The van der Waals surface area contributed by atoms with E-state index in [9.17, 15) is 0 Å². The lowest BCUT2D eigenvalue weighted by molar-refractivity contribution is 0.870. The van der Waals surface area contributed by atoms with Gasteiger partial charge in [0.2, 0.25) is 0 Å². The van der Waals surface area contributed by atoms with Gasteiger partial charge in [-0.1, -0.05) is 23.8 Å². The molecule has 0 heterocycles. The van der Waals surface area contributed by atoms with E-state index in [4.69, 9.17) is 5.73 Å². The third-order valence-corrected chi connectivity index (χ3v) is 2.22. The molecule has 2 N–H and O–H groups in total. The van der Waals surface area contributed by atoms with Gasteiger partial charge in [0.05, 0.1) is 0 Å². The van der Waals surface area contributed by atoms with E-state index in [0.717, 1.165) is 18.4 Å². The molecule has 2 aliphatic carbocycles. The summed E-state index contributed by atoms with van der Waals surface area (Å²) < 4.78 is 0. The molecule has 0 spiro atoms. The van der Waals surface area contributed by atoms with Crippen LogP contribution in [0, 0.1) is 11.8 Å². The lowest BCUT2D eigenvalue weighted by Crippen LogP contribution is -2.06. The van der Waals surface area contributed by atoms with Crippen molar-refractivity contribution in [2.75, 3.05) is 6.54 Å². The highest BCUT2D eigenvalue weighted by Crippen LogP contribution is 2.46. The molecule has 0 aliphatic heterocycles. The third kappa shape index (κ3) is 0.724. The van der Waals surface area contributed by atoms with Gasteiger partial charge in [0, 0.05) is 6.54 Å². The lowest BCUT2D eigenvalue weighted by Gasteiger charge is -2.03. The SMILES string of the molecule is NCC1=CC=CC2CC12. The Morgan fingerprint density at radius 3 is 3.22 bits per heavy atom. The molecule has 2 aliphatic rings. The molecule has 2 unspecified atom stereocenters. The van der Waals surface area contributed by atoms with Crippen LogP contribution in [0.25, 0.3) is 0 Å². The second-order valence-corrected chi connectivity index (χ2v) is 2.84. The predicted molar refractivity (Wildman–Crippen MR) is 37.9 cm³/mol. The number of hydrogen-bond donors (Lipinski definition) is 1. The maximum Gasteiger partial charge on any atom is 0.0142 e. The van der Waals surface area contributed by atoms with Crippen LogP contribution < -0.4 is 5.73 Å². The first-order valence-electron chi connectivity index (χ1n) is 3.49. The first-order valence-corrected chi connectivity index (χ1v) is 3.49. The molecule has 1 fully saturated rings. The fourth-order valence-electron chi connectivity index (χ4n) is 1.52. The average Bonchev–Trinajstić information content (AvgIpc) is 2.64. The standard InChI is InChI=1S/C8H11N/c9-5-7-3-1-2-6-4-8(6)7/h1-3,6,8H,4-5,9H2. The fraction of sp³-hybridized carbons (Fsp3) is 0.500. The van der Waals surface area contributed by atoms with E-state index in [1.165, 1.54) is 12.0 Å². The van der Waals surface area contributed by atoms with E-state index in [1.54, 1.807) is 0 Å². The van der Waals surface area contributed by atoms with Crippen LogP contribution in [-0.2, 0) is 0 Å². The van der Waals surface area contributed by atoms with Gasteiger partial charge >= 0.3 is 0 Å². The Balaban J connectivity index is 2.20.